The maximum atomic E-state index is 13.5. The summed E-state index contributed by atoms with van der Waals surface area (Å²) in [4.78, 5) is 20.9. The lowest BCUT2D eigenvalue weighted by Crippen LogP contribution is -2.57. The molecule has 6 nitrogen and oxygen atoms in total. The highest BCUT2D eigenvalue weighted by Gasteiger charge is 2.61. The number of nitriles is 1. The Bertz CT molecular complexity index is 1290. The van der Waals surface area contributed by atoms with Crippen molar-refractivity contribution >= 4 is 22.6 Å². The lowest BCUT2D eigenvalue weighted by Gasteiger charge is -2.61. The molecule has 3 aromatic rings. The van der Waals surface area contributed by atoms with Crippen molar-refractivity contribution in [3.63, 3.8) is 0 Å². The van der Waals surface area contributed by atoms with E-state index < -0.39 is 5.41 Å². The highest BCUT2D eigenvalue weighted by Crippen LogP contribution is 2.66. The number of H-pyrrole nitrogens is 1. The van der Waals surface area contributed by atoms with Crippen molar-refractivity contribution < 1.29 is 14.6 Å². The van der Waals surface area contributed by atoms with Gasteiger partial charge in [-0.2, -0.15) is 5.26 Å². The molecule has 2 atom stereocenters. The van der Waals surface area contributed by atoms with Crippen LogP contribution < -0.4 is 0 Å². The largest absolute Gasteiger partial charge is 0.507 e. The molecule has 2 aromatic carbocycles. The monoisotopic (exact) mass is 453 g/mol. The fraction of sp³-hybridized carbons (Fsp3) is 0.393. The van der Waals surface area contributed by atoms with Gasteiger partial charge in [-0.15, -0.1) is 0 Å². The number of carbonyl (C=O) groups is 1. The van der Waals surface area contributed by atoms with Crippen molar-refractivity contribution in [3.8, 4) is 6.07 Å². The number of hydrogen-bond donors (Lipinski definition) is 2. The molecular weight excluding hydrogens is 426 g/mol. The SMILES string of the molecule is N#C/C(=C(/O)COC(=O)C12CC3CC(C1)CC(c1ccccc1)(C3)C2)c1nc2ccccc2[nH]1. The third kappa shape index (κ3) is 3.30. The summed E-state index contributed by atoms with van der Waals surface area (Å²) in [6.45, 7) is -0.325. The summed E-state index contributed by atoms with van der Waals surface area (Å²) in [6.07, 6.45) is 5.98. The van der Waals surface area contributed by atoms with Crippen molar-refractivity contribution in [1.29, 1.82) is 5.26 Å². The van der Waals surface area contributed by atoms with Gasteiger partial charge in [0.25, 0.3) is 0 Å². The number of nitrogens with zero attached hydrogens (tertiary/aromatic N) is 2. The molecule has 6 heteroatoms. The van der Waals surface area contributed by atoms with Gasteiger partial charge in [0.15, 0.2) is 11.6 Å². The second-order valence-corrected chi connectivity index (χ2v) is 10.5. The van der Waals surface area contributed by atoms with Crippen LogP contribution in [0.3, 0.4) is 0 Å². The van der Waals surface area contributed by atoms with E-state index in [1.54, 1.807) is 0 Å². The number of para-hydroxylation sites is 2. The molecule has 4 bridgehead atoms. The zero-order valence-corrected chi connectivity index (χ0v) is 19.0. The van der Waals surface area contributed by atoms with E-state index in [1.165, 1.54) is 12.0 Å². The van der Waals surface area contributed by atoms with Crippen LogP contribution in [-0.2, 0) is 14.9 Å². The van der Waals surface area contributed by atoms with Gasteiger partial charge in [0, 0.05) is 0 Å². The maximum Gasteiger partial charge on any atom is 0.312 e. The van der Waals surface area contributed by atoms with Crippen LogP contribution in [0.2, 0.25) is 0 Å². The molecular formula is C28H27N3O3. The van der Waals surface area contributed by atoms with Crippen molar-refractivity contribution in [2.24, 2.45) is 17.3 Å². The molecule has 172 valence electrons. The van der Waals surface area contributed by atoms with Gasteiger partial charge >= 0.3 is 5.97 Å². The van der Waals surface area contributed by atoms with E-state index in [0.29, 0.717) is 17.4 Å². The minimum absolute atomic E-state index is 0.00438. The summed E-state index contributed by atoms with van der Waals surface area (Å²) < 4.78 is 5.71. The number of aromatic amines is 1. The third-order valence-corrected chi connectivity index (χ3v) is 8.25. The van der Waals surface area contributed by atoms with E-state index in [-0.39, 0.29) is 35.1 Å². The molecule has 34 heavy (non-hydrogen) atoms. The van der Waals surface area contributed by atoms with E-state index in [4.69, 9.17) is 4.74 Å². The van der Waals surface area contributed by atoms with E-state index in [9.17, 15) is 15.2 Å². The lowest BCUT2D eigenvalue weighted by molar-refractivity contribution is -0.173. The molecule has 1 aromatic heterocycles. The first kappa shape index (κ1) is 21.0. The van der Waals surface area contributed by atoms with Crippen LogP contribution in [-0.4, -0.2) is 27.7 Å². The normalized spacial score (nSPS) is 30.1. The first-order chi connectivity index (χ1) is 16.5. The molecule has 0 aliphatic heterocycles. The Morgan fingerprint density at radius 2 is 1.79 bits per heavy atom. The van der Waals surface area contributed by atoms with E-state index in [2.05, 4.69) is 34.2 Å². The average Bonchev–Trinajstić information content (AvgIpc) is 3.26. The first-order valence-corrected chi connectivity index (χ1v) is 12.0. The summed E-state index contributed by atoms with van der Waals surface area (Å²) in [5, 5.41) is 20.3. The third-order valence-electron chi connectivity index (χ3n) is 8.25. The molecule has 2 N–H and O–H groups in total. The number of benzene rings is 2. The molecule has 4 fully saturated rings. The molecule has 1 heterocycles. The molecule has 7 rings (SSSR count). The van der Waals surface area contributed by atoms with Gasteiger partial charge in [0.2, 0.25) is 0 Å². The number of hydrogen-bond acceptors (Lipinski definition) is 5. The molecule has 4 saturated carbocycles. The highest BCUT2D eigenvalue weighted by molar-refractivity contribution is 5.83. The molecule has 4 aliphatic rings. The topological polar surface area (TPSA) is 99.0 Å². The summed E-state index contributed by atoms with van der Waals surface area (Å²) in [6, 6.07) is 20.0. The minimum atomic E-state index is -0.508. The fourth-order valence-electron chi connectivity index (χ4n) is 7.32. The predicted molar refractivity (Wildman–Crippen MR) is 127 cm³/mol. The van der Waals surface area contributed by atoms with Gasteiger partial charge in [-0.25, -0.2) is 4.98 Å². The van der Waals surface area contributed by atoms with Crippen molar-refractivity contribution in [1.82, 2.24) is 9.97 Å². The molecule has 0 radical (unpaired) electrons. The first-order valence-electron chi connectivity index (χ1n) is 12.0. The Balaban J connectivity index is 1.24. The van der Waals surface area contributed by atoms with Gasteiger partial charge in [-0.1, -0.05) is 42.5 Å². The molecule has 2 unspecified atom stereocenters. The summed E-state index contributed by atoms with van der Waals surface area (Å²) in [7, 11) is 0. The van der Waals surface area contributed by atoms with Gasteiger partial charge in [-0.05, 0) is 73.5 Å². The van der Waals surface area contributed by atoms with Crippen LogP contribution >= 0.6 is 0 Å². The van der Waals surface area contributed by atoms with E-state index >= 15 is 0 Å². The average molecular weight is 454 g/mol. The van der Waals surface area contributed by atoms with Gasteiger partial charge in [0.1, 0.15) is 18.2 Å². The Hall–Kier alpha value is -3.59. The fourth-order valence-corrected chi connectivity index (χ4v) is 7.32. The predicted octanol–water partition coefficient (Wildman–Crippen LogP) is 5.44. The van der Waals surface area contributed by atoms with Crippen LogP contribution in [0.5, 0.6) is 0 Å². The number of ether oxygens (including phenoxy) is 1. The minimum Gasteiger partial charge on any atom is -0.507 e. The Morgan fingerprint density at radius 3 is 2.50 bits per heavy atom. The maximum absolute atomic E-state index is 13.5. The Labute approximate surface area is 198 Å². The Morgan fingerprint density at radius 1 is 1.09 bits per heavy atom. The van der Waals surface area contributed by atoms with Crippen LogP contribution in [0.25, 0.3) is 16.6 Å². The number of allylic oxidation sites excluding steroid dienone is 1. The van der Waals surface area contributed by atoms with Crippen molar-refractivity contribution in [2.45, 2.75) is 43.9 Å². The summed E-state index contributed by atoms with van der Waals surface area (Å²) in [5.74, 6) is 0.814. The van der Waals surface area contributed by atoms with Crippen molar-refractivity contribution in [3.05, 3.63) is 71.7 Å². The van der Waals surface area contributed by atoms with Crippen LogP contribution in [0.15, 0.2) is 60.4 Å². The molecule has 0 saturated heterocycles. The molecule has 0 amide bonds. The number of aromatic nitrogens is 2. The quantitative estimate of drug-likeness (QED) is 0.305. The lowest BCUT2D eigenvalue weighted by atomic mass is 9.43. The number of nitrogens with one attached hydrogen (secondary N) is 1. The van der Waals surface area contributed by atoms with Crippen LogP contribution in [0, 0.1) is 28.6 Å². The zero-order valence-electron chi connectivity index (χ0n) is 19.0. The summed E-state index contributed by atoms with van der Waals surface area (Å²) in [5.41, 5.74) is 2.33. The number of aliphatic hydroxyl groups is 1. The molecule has 0 spiro atoms. The van der Waals surface area contributed by atoms with E-state index in [1.807, 2.05) is 36.4 Å². The smallest absolute Gasteiger partial charge is 0.312 e. The highest BCUT2D eigenvalue weighted by atomic mass is 16.5. The number of rotatable bonds is 5. The second-order valence-electron chi connectivity index (χ2n) is 10.5. The molecule has 4 aliphatic carbocycles. The Kier molecular flexibility index (Phi) is 4.77. The number of esters is 1. The number of fused-ring (bicyclic) bond motifs is 1. The summed E-state index contributed by atoms with van der Waals surface area (Å²) >= 11 is 0. The van der Waals surface area contributed by atoms with Gasteiger partial charge in [0.05, 0.1) is 16.4 Å². The standard InChI is InChI=1S/C28H27N3O3/c29-15-21(25-30-22-8-4-5-9-23(22)31-25)24(32)16-34-26(33)28-13-18-10-19(14-28)12-27(11-18,17-28)20-6-2-1-3-7-20/h1-9,18-19,32H,10-14,16-17H2,(H,30,31)/b24-21-. The van der Waals surface area contributed by atoms with Gasteiger partial charge in [-0.3, -0.25) is 4.79 Å². The van der Waals surface area contributed by atoms with Crippen LogP contribution in [0.4, 0.5) is 0 Å². The van der Waals surface area contributed by atoms with Gasteiger partial charge < -0.3 is 14.8 Å². The number of aliphatic hydroxyl groups excluding tert-OH is 1. The van der Waals surface area contributed by atoms with Crippen molar-refractivity contribution in [2.75, 3.05) is 6.61 Å². The van der Waals surface area contributed by atoms with E-state index in [0.717, 1.165) is 37.6 Å². The second kappa shape index (κ2) is 7.73. The number of imidazole rings is 1. The zero-order chi connectivity index (χ0) is 23.3. The van der Waals surface area contributed by atoms with Crippen LogP contribution in [0.1, 0.15) is 49.9 Å². The number of carbonyl (C=O) groups excluding carboxylic acids is 1.